The summed E-state index contributed by atoms with van der Waals surface area (Å²) in [6.07, 6.45) is 3.98. The van der Waals surface area contributed by atoms with E-state index in [4.69, 9.17) is 4.74 Å². The first kappa shape index (κ1) is 15.8. The Morgan fingerprint density at radius 2 is 1.82 bits per heavy atom. The van der Waals surface area contributed by atoms with Crippen LogP contribution in [0.1, 0.15) is 18.4 Å². The topological polar surface area (TPSA) is 38.3 Å². The van der Waals surface area contributed by atoms with E-state index in [0.29, 0.717) is 13.0 Å². The molecule has 0 heterocycles. The molecule has 2 aromatic carbocycles. The third kappa shape index (κ3) is 5.44. The number of carbonyl (C=O) groups is 1. The molecule has 0 bridgehead atoms. The highest BCUT2D eigenvalue weighted by Crippen LogP contribution is 2.16. The monoisotopic (exact) mass is 295 g/mol. The number of ether oxygens (including phenoxy) is 1. The zero-order valence-corrected chi connectivity index (χ0v) is 12.6. The fourth-order valence-electron chi connectivity index (χ4n) is 2.11. The largest absolute Gasteiger partial charge is 0.490 e. The van der Waals surface area contributed by atoms with E-state index in [2.05, 4.69) is 24.0 Å². The van der Waals surface area contributed by atoms with Crippen molar-refractivity contribution in [3.8, 4) is 5.75 Å². The molecule has 0 aliphatic heterocycles. The van der Waals surface area contributed by atoms with Crippen LogP contribution in [0.2, 0.25) is 0 Å². The lowest BCUT2D eigenvalue weighted by Gasteiger charge is -2.07. The summed E-state index contributed by atoms with van der Waals surface area (Å²) < 4.78 is 5.40. The van der Waals surface area contributed by atoms with Crippen LogP contribution in [-0.4, -0.2) is 12.5 Å². The predicted molar refractivity (Wildman–Crippen MR) is 90.1 cm³/mol. The third-order valence-corrected chi connectivity index (χ3v) is 3.22. The number of hydrogen-bond acceptors (Lipinski definition) is 2. The van der Waals surface area contributed by atoms with Gasteiger partial charge in [0.25, 0.3) is 0 Å². The van der Waals surface area contributed by atoms with Gasteiger partial charge >= 0.3 is 0 Å². The van der Waals surface area contributed by atoms with Crippen molar-refractivity contribution in [3.05, 3.63) is 72.8 Å². The van der Waals surface area contributed by atoms with E-state index in [1.54, 1.807) is 6.08 Å². The van der Waals surface area contributed by atoms with Crippen LogP contribution >= 0.6 is 0 Å². The number of amides is 1. The SMILES string of the molecule is C=CCOc1ccc(NC(=O)CCCc2ccccc2)cc1. The van der Waals surface area contributed by atoms with E-state index in [0.717, 1.165) is 24.3 Å². The maximum atomic E-state index is 11.9. The molecule has 2 rings (SSSR count). The third-order valence-electron chi connectivity index (χ3n) is 3.22. The molecule has 0 atom stereocenters. The van der Waals surface area contributed by atoms with Crippen molar-refractivity contribution in [2.45, 2.75) is 19.3 Å². The fourth-order valence-corrected chi connectivity index (χ4v) is 2.11. The molecule has 0 saturated carbocycles. The Kier molecular flexibility index (Phi) is 6.24. The molecule has 114 valence electrons. The predicted octanol–water partition coefficient (Wildman–Crippen LogP) is 4.21. The molecule has 0 fully saturated rings. The quantitative estimate of drug-likeness (QED) is 0.741. The van der Waals surface area contributed by atoms with E-state index in [1.165, 1.54) is 5.56 Å². The summed E-state index contributed by atoms with van der Waals surface area (Å²) in [5, 5.41) is 2.90. The average Bonchev–Trinajstić information content (AvgIpc) is 2.55. The molecule has 0 spiro atoms. The van der Waals surface area contributed by atoms with Gasteiger partial charge < -0.3 is 10.1 Å². The van der Waals surface area contributed by atoms with E-state index in [9.17, 15) is 4.79 Å². The van der Waals surface area contributed by atoms with E-state index < -0.39 is 0 Å². The molecular weight excluding hydrogens is 274 g/mol. The number of benzene rings is 2. The molecule has 0 aliphatic rings. The first-order chi connectivity index (χ1) is 10.8. The molecule has 0 saturated heterocycles. The Labute approximate surface area is 131 Å². The lowest BCUT2D eigenvalue weighted by molar-refractivity contribution is -0.116. The van der Waals surface area contributed by atoms with Gasteiger partial charge in [0.05, 0.1) is 0 Å². The Bertz CT molecular complexity index is 591. The van der Waals surface area contributed by atoms with E-state index >= 15 is 0 Å². The smallest absolute Gasteiger partial charge is 0.224 e. The van der Waals surface area contributed by atoms with Crippen molar-refractivity contribution in [2.75, 3.05) is 11.9 Å². The molecule has 3 heteroatoms. The molecule has 1 N–H and O–H groups in total. The van der Waals surface area contributed by atoms with Crippen LogP contribution in [0.3, 0.4) is 0 Å². The fraction of sp³-hybridized carbons (Fsp3) is 0.211. The summed E-state index contributed by atoms with van der Waals surface area (Å²) in [6, 6.07) is 17.6. The maximum absolute atomic E-state index is 11.9. The van der Waals surface area contributed by atoms with Gasteiger partial charge in [-0.3, -0.25) is 4.79 Å². The number of rotatable bonds is 8. The molecule has 0 radical (unpaired) electrons. The van der Waals surface area contributed by atoms with Gasteiger partial charge in [0.1, 0.15) is 12.4 Å². The van der Waals surface area contributed by atoms with Gasteiger partial charge in [0.15, 0.2) is 0 Å². The summed E-state index contributed by atoms with van der Waals surface area (Å²) in [7, 11) is 0. The van der Waals surface area contributed by atoms with Crippen LogP contribution in [0.4, 0.5) is 5.69 Å². The van der Waals surface area contributed by atoms with Crippen molar-refractivity contribution in [1.82, 2.24) is 0 Å². The van der Waals surface area contributed by atoms with Gasteiger partial charge in [-0.1, -0.05) is 43.0 Å². The van der Waals surface area contributed by atoms with Crippen molar-refractivity contribution >= 4 is 11.6 Å². The van der Waals surface area contributed by atoms with Gasteiger partial charge in [-0.15, -0.1) is 0 Å². The van der Waals surface area contributed by atoms with Gasteiger partial charge in [-0.2, -0.15) is 0 Å². The lowest BCUT2D eigenvalue weighted by atomic mass is 10.1. The summed E-state index contributed by atoms with van der Waals surface area (Å²) in [5.74, 6) is 0.803. The minimum Gasteiger partial charge on any atom is -0.490 e. The minimum atomic E-state index is 0.0377. The Balaban J connectivity index is 1.73. The number of carbonyl (C=O) groups excluding carboxylic acids is 1. The highest BCUT2D eigenvalue weighted by molar-refractivity contribution is 5.90. The van der Waals surface area contributed by atoms with E-state index in [-0.39, 0.29) is 5.91 Å². The lowest BCUT2D eigenvalue weighted by Crippen LogP contribution is -2.11. The van der Waals surface area contributed by atoms with Crippen LogP contribution in [-0.2, 0) is 11.2 Å². The summed E-state index contributed by atoms with van der Waals surface area (Å²) in [4.78, 5) is 11.9. The second-order valence-electron chi connectivity index (χ2n) is 5.01. The molecule has 2 aromatic rings. The average molecular weight is 295 g/mol. The standard InChI is InChI=1S/C19H21NO2/c1-2-15-22-18-13-11-17(12-14-18)20-19(21)10-6-9-16-7-4-3-5-8-16/h2-5,7-8,11-14H,1,6,9-10,15H2,(H,20,21). The Hall–Kier alpha value is -2.55. The number of anilines is 1. The van der Waals surface area contributed by atoms with Gasteiger partial charge in [0, 0.05) is 12.1 Å². The van der Waals surface area contributed by atoms with Crippen molar-refractivity contribution in [3.63, 3.8) is 0 Å². The van der Waals surface area contributed by atoms with Gasteiger partial charge in [-0.05, 0) is 42.7 Å². The maximum Gasteiger partial charge on any atom is 0.224 e. The number of aryl methyl sites for hydroxylation is 1. The molecule has 3 nitrogen and oxygen atoms in total. The molecule has 0 aromatic heterocycles. The summed E-state index contributed by atoms with van der Waals surface area (Å²) in [6.45, 7) is 4.08. The summed E-state index contributed by atoms with van der Waals surface area (Å²) >= 11 is 0. The Morgan fingerprint density at radius 1 is 1.09 bits per heavy atom. The van der Waals surface area contributed by atoms with Crippen LogP contribution in [0, 0.1) is 0 Å². The molecule has 0 unspecified atom stereocenters. The number of nitrogens with one attached hydrogen (secondary N) is 1. The molecule has 0 aliphatic carbocycles. The van der Waals surface area contributed by atoms with Crippen LogP contribution in [0.15, 0.2) is 67.3 Å². The Morgan fingerprint density at radius 3 is 2.50 bits per heavy atom. The first-order valence-electron chi connectivity index (χ1n) is 7.45. The van der Waals surface area contributed by atoms with Crippen LogP contribution in [0.25, 0.3) is 0 Å². The number of hydrogen-bond donors (Lipinski definition) is 1. The molecular formula is C19H21NO2. The summed E-state index contributed by atoms with van der Waals surface area (Å²) in [5.41, 5.74) is 2.05. The van der Waals surface area contributed by atoms with Crippen molar-refractivity contribution < 1.29 is 9.53 Å². The van der Waals surface area contributed by atoms with Crippen LogP contribution in [0.5, 0.6) is 5.75 Å². The zero-order valence-electron chi connectivity index (χ0n) is 12.6. The molecule has 22 heavy (non-hydrogen) atoms. The highest BCUT2D eigenvalue weighted by Gasteiger charge is 2.03. The zero-order chi connectivity index (χ0) is 15.6. The highest BCUT2D eigenvalue weighted by atomic mass is 16.5. The normalized spacial score (nSPS) is 10.0. The van der Waals surface area contributed by atoms with Crippen molar-refractivity contribution in [1.29, 1.82) is 0 Å². The second-order valence-corrected chi connectivity index (χ2v) is 5.01. The molecule has 1 amide bonds. The van der Waals surface area contributed by atoms with Gasteiger partial charge in [0.2, 0.25) is 5.91 Å². The van der Waals surface area contributed by atoms with E-state index in [1.807, 2.05) is 42.5 Å². The first-order valence-corrected chi connectivity index (χ1v) is 7.45. The second kappa shape index (κ2) is 8.67. The van der Waals surface area contributed by atoms with Crippen LogP contribution < -0.4 is 10.1 Å². The minimum absolute atomic E-state index is 0.0377. The van der Waals surface area contributed by atoms with Crippen molar-refractivity contribution in [2.24, 2.45) is 0 Å². The van der Waals surface area contributed by atoms with Gasteiger partial charge in [-0.25, -0.2) is 0 Å².